The van der Waals surface area contributed by atoms with Crippen molar-refractivity contribution >= 4 is 5.97 Å². The van der Waals surface area contributed by atoms with Gasteiger partial charge in [0.2, 0.25) is 0 Å². The Kier molecular flexibility index (Phi) is 3.71. The minimum absolute atomic E-state index is 0.382. The lowest BCUT2D eigenvalue weighted by molar-refractivity contribution is -0.149. The highest BCUT2D eigenvalue weighted by atomic mass is 16.4. The predicted molar refractivity (Wildman–Crippen MR) is 61.3 cm³/mol. The zero-order chi connectivity index (χ0) is 12.3. The van der Waals surface area contributed by atoms with Crippen molar-refractivity contribution in [2.45, 2.75) is 19.1 Å². The molecule has 1 aromatic rings. The molecular weight excluding hydrogens is 220 g/mol. The average molecular weight is 236 g/mol. The number of aromatic nitrogens is 1. The molecule has 92 valence electrons. The standard InChI is InChI=1S/C12H16N2O3/c15-11-4-6-14(8-10(11)12(16)17)7-9-3-1-2-5-13-9/h1-3,5,10-11,15H,4,6-8H2,(H,16,17)/t10-,11+/m0/s1. The van der Waals surface area contributed by atoms with Crippen LogP contribution in [-0.4, -0.2) is 45.3 Å². The Bertz CT molecular complexity index is 383. The van der Waals surface area contributed by atoms with E-state index in [1.807, 2.05) is 23.1 Å². The van der Waals surface area contributed by atoms with Crippen molar-refractivity contribution in [3.05, 3.63) is 30.1 Å². The molecule has 1 aliphatic heterocycles. The zero-order valence-corrected chi connectivity index (χ0v) is 9.49. The number of carbonyl (C=O) groups is 1. The molecule has 0 unspecified atom stereocenters. The van der Waals surface area contributed by atoms with Crippen LogP contribution in [0.25, 0.3) is 0 Å². The Morgan fingerprint density at radius 2 is 2.35 bits per heavy atom. The smallest absolute Gasteiger partial charge is 0.310 e. The van der Waals surface area contributed by atoms with Crippen molar-refractivity contribution in [3.63, 3.8) is 0 Å². The maximum atomic E-state index is 11.0. The Hall–Kier alpha value is -1.46. The lowest BCUT2D eigenvalue weighted by Gasteiger charge is -2.33. The summed E-state index contributed by atoms with van der Waals surface area (Å²) in [5.41, 5.74) is 0.924. The molecule has 0 radical (unpaired) electrons. The highest BCUT2D eigenvalue weighted by molar-refractivity contribution is 5.71. The van der Waals surface area contributed by atoms with Crippen LogP contribution in [0.2, 0.25) is 0 Å². The number of carboxylic acid groups (broad SMARTS) is 1. The summed E-state index contributed by atoms with van der Waals surface area (Å²) in [4.78, 5) is 17.2. The topological polar surface area (TPSA) is 73.7 Å². The molecule has 2 atom stereocenters. The zero-order valence-electron chi connectivity index (χ0n) is 9.49. The summed E-state index contributed by atoms with van der Waals surface area (Å²) >= 11 is 0. The SMILES string of the molecule is O=C(O)[C@H]1CN(Cc2ccccn2)CC[C@H]1O. The number of aliphatic carboxylic acids is 1. The number of aliphatic hydroxyl groups excluding tert-OH is 1. The fraction of sp³-hybridized carbons (Fsp3) is 0.500. The van der Waals surface area contributed by atoms with Gasteiger partial charge in [0.25, 0.3) is 0 Å². The summed E-state index contributed by atoms with van der Waals surface area (Å²) in [5.74, 6) is -1.62. The van der Waals surface area contributed by atoms with Gasteiger partial charge < -0.3 is 10.2 Å². The van der Waals surface area contributed by atoms with Gasteiger partial charge in [-0.1, -0.05) is 6.07 Å². The third-order valence-electron chi connectivity index (χ3n) is 3.09. The van der Waals surface area contributed by atoms with E-state index in [1.54, 1.807) is 6.20 Å². The molecule has 1 aliphatic rings. The van der Waals surface area contributed by atoms with E-state index in [0.29, 0.717) is 26.1 Å². The maximum absolute atomic E-state index is 11.0. The van der Waals surface area contributed by atoms with Crippen LogP contribution in [0.15, 0.2) is 24.4 Å². The molecule has 0 aliphatic carbocycles. The Morgan fingerprint density at radius 1 is 1.53 bits per heavy atom. The number of aliphatic hydroxyl groups is 1. The molecule has 2 rings (SSSR count). The molecule has 5 heteroatoms. The second-order valence-corrected chi connectivity index (χ2v) is 4.36. The molecule has 0 spiro atoms. The van der Waals surface area contributed by atoms with Crippen LogP contribution in [0.5, 0.6) is 0 Å². The minimum Gasteiger partial charge on any atom is -0.481 e. The van der Waals surface area contributed by atoms with E-state index in [-0.39, 0.29) is 0 Å². The summed E-state index contributed by atoms with van der Waals surface area (Å²) in [6, 6.07) is 5.68. The van der Waals surface area contributed by atoms with Gasteiger partial charge >= 0.3 is 5.97 Å². The first kappa shape index (κ1) is 12.0. The Morgan fingerprint density at radius 3 is 3.00 bits per heavy atom. The first-order valence-electron chi connectivity index (χ1n) is 5.70. The van der Waals surface area contributed by atoms with Gasteiger partial charge in [-0.15, -0.1) is 0 Å². The molecule has 1 saturated heterocycles. The number of likely N-dealkylation sites (tertiary alicyclic amines) is 1. The van der Waals surface area contributed by atoms with E-state index < -0.39 is 18.0 Å². The summed E-state index contributed by atoms with van der Waals surface area (Å²) in [7, 11) is 0. The van der Waals surface area contributed by atoms with Crippen LogP contribution in [-0.2, 0) is 11.3 Å². The lowest BCUT2D eigenvalue weighted by atomic mass is 9.95. The quantitative estimate of drug-likeness (QED) is 0.792. The van der Waals surface area contributed by atoms with Crippen molar-refractivity contribution in [2.75, 3.05) is 13.1 Å². The molecule has 0 aromatic carbocycles. The van der Waals surface area contributed by atoms with E-state index in [1.165, 1.54) is 0 Å². The average Bonchev–Trinajstić information content (AvgIpc) is 2.32. The van der Waals surface area contributed by atoms with Crippen LogP contribution in [0.4, 0.5) is 0 Å². The van der Waals surface area contributed by atoms with Gasteiger partial charge in [-0.25, -0.2) is 0 Å². The van der Waals surface area contributed by atoms with E-state index in [9.17, 15) is 9.90 Å². The summed E-state index contributed by atoms with van der Waals surface area (Å²) in [6.07, 6.45) is 1.50. The van der Waals surface area contributed by atoms with Gasteiger partial charge in [-0.2, -0.15) is 0 Å². The van der Waals surface area contributed by atoms with Crippen LogP contribution in [0.1, 0.15) is 12.1 Å². The molecule has 0 bridgehead atoms. The van der Waals surface area contributed by atoms with E-state index >= 15 is 0 Å². The van der Waals surface area contributed by atoms with Gasteiger partial charge in [-0.05, 0) is 18.6 Å². The second kappa shape index (κ2) is 5.25. The molecule has 1 fully saturated rings. The molecule has 2 heterocycles. The van der Waals surface area contributed by atoms with Crippen molar-refractivity contribution in [1.82, 2.24) is 9.88 Å². The fourth-order valence-electron chi connectivity index (χ4n) is 2.11. The maximum Gasteiger partial charge on any atom is 0.310 e. The van der Waals surface area contributed by atoms with E-state index in [2.05, 4.69) is 4.98 Å². The molecule has 1 aromatic heterocycles. The summed E-state index contributed by atoms with van der Waals surface area (Å²) < 4.78 is 0. The number of nitrogens with zero attached hydrogens (tertiary/aromatic N) is 2. The molecular formula is C12H16N2O3. The normalized spacial score (nSPS) is 25.7. The van der Waals surface area contributed by atoms with Gasteiger partial charge in [0.1, 0.15) is 0 Å². The van der Waals surface area contributed by atoms with Gasteiger partial charge in [0.15, 0.2) is 0 Å². The molecule has 2 N–H and O–H groups in total. The number of pyridine rings is 1. The van der Waals surface area contributed by atoms with Gasteiger partial charge in [0, 0.05) is 25.8 Å². The van der Waals surface area contributed by atoms with Gasteiger partial charge in [-0.3, -0.25) is 14.7 Å². The Balaban J connectivity index is 1.97. The fourth-order valence-corrected chi connectivity index (χ4v) is 2.11. The van der Waals surface area contributed by atoms with Gasteiger partial charge in [0.05, 0.1) is 17.7 Å². The van der Waals surface area contributed by atoms with E-state index in [0.717, 1.165) is 5.69 Å². The second-order valence-electron chi connectivity index (χ2n) is 4.36. The summed E-state index contributed by atoms with van der Waals surface area (Å²) in [5, 5.41) is 18.6. The number of hydrogen-bond donors (Lipinski definition) is 2. The van der Waals surface area contributed by atoms with Crippen molar-refractivity contribution < 1.29 is 15.0 Å². The lowest BCUT2D eigenvalue weighted by Crippen LogP contribution is -2.46. The number of hydrogen-bond acceptors (Lipinski definition) is 4. The van der Waals surface area contributed by atoms with Crippen molar-refractivity contribution in [2.24, 2.45) is 5.92 Å². The largest absolute Gasteiger partial charge is 0.481 e. The predicted octanol–water partition coefficient (Wildman–Crippen LogP) is 0.349. The first-order chi connectivity index (χ1) is 8.16. The minimum atomic E-state index is -0.928. The molecule has 17 heavy (non-hydrogen) atoms. The van der Waals surface area contributed by atoms with Crippen molar-refractivity contribution in [1.29, 1.82) is 0 Å². The number of carboxylic acids is 1. The number of rotatable bonds is 3. The molecule has 0 saturated carbocycles. The Labute approximate surface area is 99.7 Å². The highest BCUT2D eigenvalue weighted by Crippen LogP contribution is 2.18. The van der Waals surface area contributed by atoms with Crippen LogP contribution in [0, 0.1) is 5.92 Å². The van der Waals surface area contributed by atoms with E-state index in [4.69, 9.17) is 5.11 Å². The van der Waals surface area contributed by atoms with Crippen molar-refractivity contribution in [3.8, 4) is 0 Å². The molecule has 0 amide bonds. The number of piperidine rings is 1. The highest BCUT2D eigenvalue weighted by Gasteiger charge is 2.32. The van der Waals surface area contributed by atoms with Crippen LogP contribution < -0.4 is 0 Å². The summed E-state index contributed by atoms with van der Waals surface area (Å²) in [6.45, 7) is 1.73. The van der Waals surface area contributed by atoms with Crippen LogP contribution >= 0.6 is 0 Å². The third kappa shape index (κ3) is 3.01. The van der Waals surface area contributed by atoms with Crippen LogP contribution in [0.3, 0.4) is 0 Å². The molecule has 5 nitrogen and oxygen atoms in total. The third-order valence-corrected chi connectivity index (χ3v) is 3.09. The monoisotopic (exact) mass is 236 g/mol. The first-order valence-corrected chi connectivity index (χ1v) is 5.70.